The number of methoxy groups -OCH3 is 1. The van der Waals surface area contributed by atoms with Crippen molar-refractivity contribution in [3.8, 4) is 0 Å². The van der Waals surface area contributed by atoms with Crippen molar-refractivity contribution in [2.45, 2.75) is 0 Å². The SMILES string of the molecule is C=CCN(CCOC)c1cccc(Cl)c1C(=O)O. The molecule has 0 aliphatic heterocycles. The molecule has 1 aromatic carbocycles. The lowest BCUT2D eigenvalue weighted by atomic mass is 10.1. The lowest BCUT2D eigenvalue weighted by Gasteiger charge is -2.25. The van der Waals surface area contributed by atoms with Crippen LogP contribution in [0.4, 0.5) is 5.69 Å². The first-order valence-electron chi connectivity index (χ1n) is 5.48. The summed E-state index contributed by atoms with van der Waals surface area (Å²) in [5.74, 6) is -1.04. The first kappa shape index (κ1) is 14.5. The van der Waals surface area contributed by atoms with Crippen LogP contribution in [-0.4, -0.2) is 37.9 Å². The maximum atomic E-state index is 11.3. The molecule has 0 radical (unpaired) electrons. The molecule has 0 bridgehead atoms. The number of ether oxygens (including phenoxy) is 1. The highest BCUT2D eigenvalue weighted by Crippen LogP contribution is 2.27. The molecule has 0 amide bonds. The van der Waals surface area contributed by atoms with Crippen molar-refractivity contribution < 1.29 is 14.6 Å². The smallest absolute Gasteiger partial charge is 0.339 e. The van der Waals surface area contributed by atoms with E-state index in [1.165, 1.54) is 0 Å². The second-order valence-corrected chi connectivity index (χ2v) is 4.07. The van der Waals surface area contributed by atoms with Gasteiger partial charge in [-0.1, -0.05) is 23.7 Å². The summed E-state index contributed by atoms with van der Waals surface area (Å²) >= 11 is 5.94. The van der Waals surface area contributed by atoms with E-state index >= 15 is 0 Å². The lowest BCUT2D eigenvalue weighted by Crippen LogP contribution is -2.29. The summed E-state index contributed by atoms with van der Waals surface area (Å²) in [7, 11) is 1.60. The third-order valence-electron chi connectivity index (χ3n) is 2.46. The number of rotatable bonds is 7. The Balaban J connectivity index is 3.13. The van der Waals surface area contributed by atoms with Gasteiger partial charge in [-0.2, -0.15) is 0 Å². The predicted octanol–water partition coefficient (Wildman–Crippen LogP) is 2.68. The summed E-state index contributed by atoms with van der Waals surface area (Å²) in [5.41, 5.74) is 0.684. The van der Waals surface area contributed by atoms with Crippen molar-refractivity contribution in [1.29, 1.82) is 0 Å². The summed E-state index contributed by atoms with van der Waals surface area (Å²) in [6, 6.07) is 5.03. The number of carboxylic acid groups (broad SMARTS) is 1. The normalized spacial score (nSPS) is 10.1. The van der Waals surface area contributed by atoms with Gasteiger partial charge in [-0.3, -0.25) is 0 Å². The maximum Gasteiger partial charge on any atom is 0.339 e. The van der Waals surface area contributed by atoms with Crippen molar-refractivity contribution >= 4 is 23.3 Å². The topological polar surface area (TPSA) is 49.8 Å². The molecule has 0 aliphatic carbocycles. The Labute approximate surface area is 111 Å². The van der Waals surface area contributed by atoms with Crippen molar-refractivity contribution in [3.05, 3.63) is 41.4 Å². The Morgan fingerprint density at radius 3 is 2.89 bits per heavy atom. The van der Waals surface area contributed by atoms with E-state index in [0.29, 0.717) is 25.4 Å². The van der Waals surface area contributed by atoms with E-state index in [2.05, 4.69) is 6.58 Å². The summed E-state index contributed by atoms with van der Waals surface area (Å²) in [5, 5.41) is 9.45. The molecule has 0 saturated carbocycles. The first-order valence-corrected chi connectivity index (χ1v) is 5.86. The number of carboxylic acids is 1. The number of aromatic carboxylic acids is 1. The van der Waals surface area contributed by atoms with E-state index in [4.69, 9.17) is 16.3 Å². The molecular weight excluding hydrogens is 254 g/mol. The van der Waals surface area contributed by atoms with Gasteiger partial charge in [0.2, 0.25) is 0 Å². The van der Waals surface area contributed by atoms with Crippen LogP contribution < -0.4 is 4.90 Å². The average molecular weight is 270 g/mol. The van der Waals surface area contributed by atoms with Crippen molar-refractivity contribution in [2.24, 2.45) is 0 Å². The van der Waals surface area contributed by atoms with Gasteiger partial charge in [0.1, 0.15) is 5.56 Å². The second-order valence-electron chi connectivity index (χ2n) is 3.67. The zero-order valence-corrected chi connectivity index (χ0v) is 11.0. The van der Waals surface area contributed by atoms with Crippen molar-refractivity contribution in [3.63, 3.8) is 0 Å². The highest BCUT2D eigenvalue weighted by molar-refractivity contribution is 6.34. The van der Waals surface area contributed by atoms with E-state index in [1.54, 1.807) is 31.4 Å². The molecule has 1 aromatic rings. The zero-order chi connectivity index (χ0) is 13.5. The van der Waals surface area contributed by atoms with Crippen LogP contribution in [0.15, 0.2) is 30.9 Å². The number of anilines is 1. The van der Waals surface area contributed by atoms with Gasteiger partial charge in [0, 0.05) is 20.2 Å². The molecule has 1 rings (SSSR count). The molecule has 0 aliphatic rings. The summed E-state index contributed by atoms with van der Waals surface area (Å²) in [6.45, 7) is 5.27. The van der Waals surface area contributed by atoms with E-state index in [-0.39, 0.29) is 10.6 Å². The Morgan fingerprint density at radius 1 is 1.61 bits per heavy atom. The Kier molecular flexibility index (Phi) is 5.68. The van der Waals surface area contributed by atoms with E-state index in [1.807, 2.05) is 4.90 Å². The van der Waals surface area contributed by atoms with Crippen LogP contribution in [-0.2, 0) is 4.74 Å². The molecule has 1 N–H and O–H groups in total. The predicted molar refractivity (Wildman–Crippen MR) is 72.7 cm³/mol. The number of hydrogen-bond donors (Lipinski definition) is 1. The number of nitrogens with zero attached hydrogens (tertiary/aromatic N) is 1. The molecule has 4 nitrogen and oxygen atoms in total. The highest BCUT2D eigenvalue weighted by atomic mass is 35.5. The standard InChI is InChI=1S/C13H16ClNO3/c1-3-7-15(8-9-18-2)11-6-4-5-10(14)12(11)13(16)17/h3-6H,1,7-9H2,2H3,(H,16,17). The third-order valence-corrected chi connectivity index (χ3v) is 2.78. The van der Waals surface area contributed by atoms with Crippen molar-refractivity contribution in [1.82, 2.24) is 0 Å². The van der Waals surface area contributed by atoms with Gasteiger partial charge in [-0.15, -0.1) is 6.58 Å². The minimum absolute atomic E-state index is 0.108. The second kappa shape index (κ2) is 7.03. The van der Waals surface area contributed by atoms with Crippen LogP contribution in [0.1, 0.15) is 10.4 Å². The van der Waals surface area contributed by atoms with E-state index < -0.39 is 5.97 Å². The van der Waals surface area contributed by atoms with E-state index in [9.17, 15) is 9.90 Å². The van der Waals surface area contributed by atoms with Gasteiger partial charge < -0.3 is 14.7 Å². The van der Waals surface area contributed by atoms with Gasteiger partial charge in [0.25, 0.3) is 0 Å². The van der Waals surface area contributed by atoms with Crippen LogP contribution in [0, 0.1) is 0 Å². The number of carbonyl (C=O) groups is 1. The average Bonchev–Trinajstić information content (AvgIpc) is 2.33. The number of benzene rings is 1. The molecule has 5 heteroatoms. The summed E-state index contributed by atoms with van der Waals surface area (Å²) in [4.78, 5) is 13.1. The molecule has 0 fully saturated rings. The quantitative estimate of drug-likeness (QED) is 0.773. The molecule has 98 valence electrons. The third kappa shape index (κ3) is 3.48. The highest BCUT2D eigenvalue weighted by Gasteiger charge is 2.18. The van der Waals surface area contributed by atoms with Gasteiger partial charge in [0.15, 0.2) is 0 Å². The van der Waals surface area contributed by atoms with Gasteiger partial charge in [-0.05, 0) is 12.1 Å². The minimum Gasteiger partial charge on any atom is -0.478 e. The molecule has 0 unspecified atom stereocenters. The molecule has 0 atom stereocenters. The molecule has 18 heavy (non-hydrogen) atoms. The van der Waals surface area contributed by atoms with Gasteiger partial charge in [-0.25, -0.2) is 4.79 Å². The Bertz CT molecular complexity index is 434. The van der Waals surface area contributed by atoms with E-state index in [0.717, 1.165) is 0 Å². The molecule has 0 saturated heterocycles. The first-order chi connectivity index (χ1) is 8.61. The van der Waals surface area contributed by atoms with Crippen LogP contribution in [0.25, 0.3) is 0 Å². The van der Waals surface area contributed by atoms with Crippen LogP contribution in [0.5, 0.6) is 0 Å². The molecular formula is C13H16ClNO3. The number of hydrogen-bond acceptors (Lipinski definition) is 3. The van der Waals surface area contributed by atoms with Gasteiger partial charge >= 0.3 is 5.97 Å². The molecule has 0 aromatic heterocycles. The van der Waals surface area contributed by atoms with Gasteiger partial charge in [0.05, 0.1) is 17.3 Å². The summed E-state index contributed by atoms with van der Waals surface area (Å²) < 4.78 is 5.01. The fourth-order valence-corrected chi connectivity index (χ4v) is 1.91. The van der Waals surface area contributed by atoms with Crippen molar-refractivity contribution in [2.75, 3.05) is 31.7 Å². The largest absolute Gasteiger partial charge is 0.478 e. The number of halogens is 1. The molecule has 0 heterocycles. The Morgan fingerprint density at radius 2 is 2.33 bits per heavy atom. The monoisotopic (exact) mass is 269 g/mol. The van der Waals surface area contributed by atoms with Crippen LogP contribution >= 0.6 is 11.6 Å². The van der Waals surface area contributed by atoms with Crippen LogP contribution in [0.2, 0.25) is 5.02 Å². The van der Waals surface area contributed by atoms with Crippen LogP contribution in [0.3, 0.4) is 0 Å². The zero-order valence-electron chi connectivity index (χ0n) is 10.2. The fraction of sp³-hybridized carbons (Fsp3) is 0.308. The fourth-order valence-electron chi connectivity index (χ4n) is 1.66. The molecule has 0 spiro atoms. The summed E-state index contributed by atoms with van der Waals surface area (Å²) in [6.07, 6.45) is 1.71. The minimum atomic E-state index is -1.04. The maximum absolute atomic E-state index is 11.3. The lowest BCUT2D eigenvalue weighted by molar-refractivity contribution is 0.0697. The Hall–Kier alpha value is -1.52.